The molecular formula is C17H15ClN2. The first-order valence-corrected chi connectivity index (χ1v) is 6.86. The minimum absolute atomic E-state index is 0.618. The van der Waals surface area contributed by atoms with E-state index in [2.05, 4.69) is 4.98 Å². The quantitative estimate of drug-likeness (QED) is 0.768. The lowest BCUT2D eigenvalue weighted by molar-refractivity contribution is 0.609. The monoisotopic (exact) mass is 282 g/mol. The first kappa shape index (κ1) is 13.1. The van der Waals surface area contributed by atoms with Crippen LogP contribution in [-0.2, 0) is 5.54 Å². The average Bonchev–Trinajstić information content (AvgIpc) is 2.46. The minimum Gasteiger partial charge on any atom is -0.318 e. The summed E-state index contributed by atoms with van der Waals surface area (Å²) in [7, 11) is 0. The number of rotatable bonds is 2. The summed E-state index contributed by atoms with van der Waals surface area (Å²) in [5.74, 6) is 0. The van der Waals surface area contributed by atoms with Crippen molar-refractivity contribution in [3.63, 3.8) is 0 Å². The van der Waals surface area contributed by atoms with Gasteiger partial charge >= 0.3 is 0 Å². The van der Waals surface area contributed by atoms with Gasteiger partial charge in [0.2, 0.25) is 0 Å². The second-order valence-corrected chi connectivity index (χ2v) is 5.52. The topological polar surface area (TPSA) is 38.9 Å². The molecule has 1 atom stereocenters. The highest BCUT2D eigenvalue weighted by Gasteiger charge is 2.25. The van der Waals surface area contributed by atoms with Gasteiger partial charge in [0.1, 0.15) is 0 Å². The molecule has 0 amide bonds. The van der Waals surface area contributed by atoms with Gasteiger partial charge in [-0.15, -0.1) is 0 Å². The number of nitrogens with two attached hydrogens (primary N) is 1. The molecule has 3 aromatic rings. The summed E-state index contributed by atoms with van der Waals surface area (Å²) in [6.45, 7) is 2.00. The molecule has 20 heavy (non-hydrogen) atoms. The molecule has 2 nitrogen and oxygen atoms in total. The Morgan fingerprint density at radius 3 is 2.65 bits per heavy atom. The zero-order valence-electron chi connectivity index (χ0n) is 11.2. The Labute approximate surface area is 123 Å². The molecule has 0 spiro atoms. The van der Waals surface area contributed by atoms with Crippen LogP contribution in [0.5, 0.6) is 0 Å². The number of hydrogen-bond acceptors (Lipinski definition) is 2. The number of benzene rings is 2. The van der Waals surface area contributed by atoms with E-state index in [0.717, 1.165) is 22.0 Å². The largest absolute Gasteiger partial charge is 0.318 e. The maximum atomic E-state index is 6.61. The van der Waals surface area contributed by atoms with Crippen molar-refractivity contribution in [3.05, 3.63) is 76.9 Å². The van der Waals surface area contributed by atoms with E-state index in [1.54, 1.807) is 6.20 Å². The fourth-order valence-electron chi connectivity index (χ4n) is 2.52. The first-order chi connectivity index (χ1) is 9.59. The van der Waals surface area contributed by atoms with Gasteiger partial charge in [0, 0.05) is 16.6 Å². The van der Waals surface area contributed by atoms with E-state index < -0.39 is 5.54 Å². The molecule has 1 unspecified atom stereocenters. The number of halogens is 1. The van der Waals surface area contributed by atoms with Crippen molar-refractivity contribution in [2.24, 2.45) is 5.73 Å². The van der Waals surface area contributed by atoms with Crippen LogP contribution >= 0.6 is 11.6 Å². The van der Waals surface area contributed by atoms with Crippen molar-refractivity contribution in [1.29, 1.82) is 0 Å². The van der Waals surface area contributed by atoms with Crippen molar-refractivity contribution in [3.8, 4) is 0 Å². The van der Waals surface area contributed by atoms with Gasteiger partial charge in [-0.2, -0.15) is 0 Å². The summed E-state index contributed by atoms with van der Waals surface area (Å²) in [6, 6.07) is 17.7. The van der Waals surface area contributed by atoms with Gasteiger partial charge in [-0.1, -0.05) is 41.9 Å². The second-order valence-electron chi connectivity index (χ2n) is 5.09. The highest BCUT2D eigenvalue weighted by Crippen LogP contribution is 2.32. The molecular weight excluding hydrogens is 268 g/mol. The lowest BCUT2D eigenvalue weighted by Gasteiger charge is -2.27. The predicted molar refractivity (Wildman–Crippen MR) is 83.8 cm³/mol. The molecule has 0 aliphatic carbocycles. The van der Waals surface area contributed by atoms with Crippen LogP contribution in [0.15, 0.2) is 60.8 Å². The Balaban J connectivity index is 2.23. The summed E-state index contributed by atoms with van der Waals surface area (Å²) in [6.07, 6.45) is 1.79. The van der Waals surface area contributed by atoms with E-state index in [4.69, 9.17) is 17.3 Å². The molecule has 2 N–H and O–H groups in total. The van der Waals surface area contributed by atoms with E-state index in [1.165, 1.54) is 0 Å². The lowest BCUT2D eigenvalue weighted by atomic mass is 9.83. The highest BCUT2D eigenvalue weighted by molar-refractivity contribution is 6.30. The lowest BCUT2D eigenvalue weighted by Crippen LogP contribution is -2.34. The number of nitrogens with zero attached hydrogens (tertiary/aromatic N) is 1. The van der Waals surface area contributed by atoms with Crippen molar-refractivity contribution in [2.45, 2.75) is 12.5 Å². The molecule has 3 rings (SSSR count). The molecule has 0 fully saturated rings. The van der Waals surface area contributed by atoms with Gasteiger partial charge in [0.25, 0.3) is 0 Å². The fourth-order valence-corrected chi connectivity index (χ4v) is 2.71. The number of fused-ring (bicyclic) bond motifs is 1. The third-order valence-corrected chi connectivity index (χ3v) is 3.86. The van der Waals surface area contributed by atoms with E-state index in [1.807, 2.05) is 61.5 Å². The van der Waals surface area contributed by atoms with Crippen molar-refractivity contribution in [1.82, 2.24) is 4.98 Å². The number of hydrogen-bond donors (Lipinski definition) is 1. The van der Waals surface area contributed by atoms with Crippen molar-refractivity contribution < 1.29 is 0 Å². The molecule has 0 aliphatic heterocycles. The summed E-state index contributed by atoms with van der Waals surface area (Å²) in [4.78, 5) is 4.38. The van der Waals surface area contributed by atoms with Gasteiger partial charge in [-0.3, -0.25) is 4.98 Å². The van der Waals surface area contributed by atoms with E-state index >= 15 is 0 Å². The summed E-state index contributed by atoms with van der Waals surface area (Å²) in [5.41, 5.74) is 8.97. The molecule has 3 heteroatoms. The number of aromatic nitrogens is 1. The molecule has 2 aromatic carbocycles. The molecule has 1 aromatic heterocycles. The van der Waals surface area contributed by atoms with E-state index in [9.17, 15) is 0 Å². The Bertz CT molecular complexity index is 760. The van der Waals surface area contributed by atoms with Gasteiger partial charge in [0.05, 0.1) is 11.1 Å². The minimum atomic E-state index is -0.618. The standard InChI is InChI=1S/C17H15ClN2/c1-17(19,12-5-2-6-13(18)11-12)15-8-3-9-16-14(15)7-4-10-20-16/h2-11H,19H2,1H3. The van der Waals surface area contributed by atoms with Crippen molar-refractivity contribution >= 4 is 22.5 Å². The maximum absolute atomic E-state index is 6.61. The van der Waals surface area contributed by atoms with Gasteiger partial charge in [0.15, 0.2) is 0 Å². The van der Waals surface area contributed by atoms with Gasteiger partial charge in [-0.05, 0) is 42.3 Å². The van der Waals surface area contributed by atoms with Gasteiger partial charge in [-0.25, -0.2) is 0 Å². The summed E-state index contributed by atoms with van der Waals surface area (Å²) >= 11 is 6.09. The molecule has 1 heterocycles. The van der Waals surface area contributed by atoms with Crippen LogP contribution < -0.4 is 5.73 Å². The molecule has 0 aliphatic rings. The van der Waals surface area contributed by atoms with Crippen LogP contribution in [0.4, 0.5) is 0 Å². The maximum Gasteiger partial charge on any atom is 0.0705 e. The molecule has 0 bridgehead atoms. The van der Waals surface area contributed by atoms with Crippen LogP contribution in [0.2, 0.25) is 5.02 Å². The highest BCUT2D eigenvalue weighted by atomic mass is 35.5. The van der Waals surface area contributed by atoms with Crippen LogP contribution in [-0.4, -0.2) is 4.98 Å². The zero-order chi connectivity index (χ0) is 14.2. The molecule has 0 radical (unpaired) electrons. The summed E-state index contributed by atoms with van der Waals surface area (Å²) in [5, 5.41) is 1.76. The first-order valence-electron chi connectivity index (χ1n) is 6.48. The second kappa shape index (κ2) is 4.89. The van der Waals surface area contributed by atoms with Crippen LogP contribution in [0.1, 0.15) is 18.1 Å². The SMILES string of the molecule is CC(N)(c1cccc(Cl)c1)c1cccc2ncccc12. The fraction of sp³-hybridized carbons (Fsp3) is 0.118. The van der Waals surface area contributed by atoms with E-state index in [-0.39, 0.29) is 0 Å². The third kappa shape index (κ3) is 2.17. The van der Waals surface area contributed by atoms with E-state index in [0.29, 0.717) is 5.02 Å². The van der Waals surface area contributed by atoms with Crippen LogP contribution in [0.25, 0.3) is 10.9 Å². The Hall–Kier alpha value is -1.90. The molecule has 100 valence electrons. The van der Waals surface area contributed by atoms with Crippen LogP contribution in [0, 0.1) is 0 Å². The zero-order valence-corrected chi connectivity index (χ0v) is 11.9. The normalized spacial score (nSPS) is 14.2. The smallest absolute Gasteiger partial charge is 0.0705 e. The summed E-state index contributed by atoms with van der Waals surface area (Å²) < 4.78 is 0. The third-order valence-electron chi connectivity index (χ3n) is 3.63. The average molecular weight is 283 g/mol. The number of pyridine rings is 1. The van der Waals surface area contributed by atoms with Gasteiger partial charge < -0.3 is 5.73 Å². The Kier molecular flexibility index (Phi) is 3.20. The van der Waals surface area contributed by atoms with Crippen LogP contribution in [0.3, 0.4) is 0 Å². The Morgan fingerprint density at radius 2 is 1.85 bits per heavy atom. The molecule has 0 saturated carbocycles. The predicted octanol–water partition coefficient (Wildman–Crippen LogP) is 4.11. The molecule has 0 saturated heterocycles. The van der Waals surface area contributed by atoms with Crippen molar-refractivity contribution in [2.75, 3.05) is 0 Å². The Morgan fingerprint density at radius 1 is 1.05 bits per heavy atom.